The van der Waals surface area contributed by atoms with Crippen molar-refractivity contribution in [2.75, 3.05) is 0 Å². The molecule has 0 N–H and O–H groups in total. The quantitative estimate of drug-likeness (QED) is 0.760. The summed E-state index contributed by atoms with van der Waals surface area (Å²) in [4.78, 5) is 0.804. The molecule has 0 saturated heterocycles. The van der Waals surface area contributed by atoms with Gasteiger partial charge in [-0.2, -0.15) is 0 Å². The van der Waals surface area contributed by atoms with Crippen molar-refractivity contribution in [2.24, 2.45) is 0 Å². The average Bonchev–Trinajstić information content (AvgIpc) is 2.45. The fraction of sp³-hybridized carbons (Fsp3) is 0.0625. The summed E-state index contributed by atoms with van der Waals surface area (Å²) in [6.45, 7) is 0. The second kappa shape index (κ2) is 6.75. The maximum atomic E-state index is 11.8. The van der Waals surface area contributed by atoms with Gasteiger partial charge in [0.1, 0.15) is 0 Å². The van der Waals surface area contributed by atoms with Crippen molar-refractivity contribution >= 4 is 10.8 Å². The summed E-state index contributed by atoms with van der Waals surface area (Å²) in [6, 6.07) is 19.5. The lowest BCUT2D eigenvalue weighted by Gasteiger charge is -1.93. The van der Waals surface area contributed by atoms with E-state index in [1.54, 1.807) is 5.41 Å². The molecule has 0 radical (unpaired) electrons. The van der Waals surface area contributed by atoms with Crippen LogP contribution in [0.3, 0.4) is 0 Å². The molecule has 2 aromatic carbocycles. The summed E-state index contributed by atoms with van der Waals surface area (Å²) in [5, 5.41) is 1.60. The zero-order chi connectivity index (χ0) is 12.6. The van der Waals surface area contributed by atoms with E-state index >= 15 is 0 Å². The number of rotatable bonds is 4. The maximum Gasteiger partial charge on any atom is 0.0854 e. The van der Waals surface area contributed by atoms with Gasteiger partial charge in [0.15, 0.2) is 0 Å². The van der Waals surface area contributed by atoms with Crippen LogP contribution < -0.4 is 0 Å². The molecule has 0 heterocycles. The van der Waals surface area contributed by atoms with Crippen LogP contribution in [0.4, 0.5) is 0 Å². The minimum absolute atomic E-state index is 0.804. The van der Waals surface area contributed by atoms with E-state index in [1.165, 1.54) is 5.56 Å². The summed E-state index contributed by atoms with van der Waals surface area (Å²) in [6.07, 6.45) is 2.71. The molecule has 1 atom stereocenters. The predicted octanol–water partition coefficient (Wildman–Crippen LogP) is 3.71. The standard InChI is InChI=1S/C16H14OS/c17-18(16-12-5-2-6-13-16)14-8-7-11-15-9-3-1-4-10-15/h1-7,9-10,12-14H,11H2. The monoisotopic (exact) mass is 254 g/mol. The highest BCUT2D eigenvalue weighted by molar-refractivity contribution is 7.88. The lowest BCUT2D eigenvalue weighted by Crippen LogP contribution is -1.83. The molecular formula is C16H14OS. The predicted molar refractivity (Wildman–Crippen MR) is 75.6 cm³/mol. The van der Waals surface area contributed by atoms with Crippen LogP contribution in [0, 0.1) is 0 Å². The molecule has 2 aromatic rings. The molecule has 0 aliphatic carbocycles. The van der Waals surface area contributed by atoms with Crippen LogP contribution >= 0.6 is 0 Å². The van der Waals surface area contributed by atoms with E-state index in [9.17, 15) is 4.21 Å². The minimum atomic E-state index is -1.11. The second-order valence-corrected chi connectivity index (χ2v) is 5.09. The molecule has 18 heavy (non-hydrogen) atoms. The van der Waals surface area contributed by atoms with Crippen LogP contribution in [-0.4, -0.2) is 4.21 Å². The van der Waals surface area contributed by atoms with Crippen LogP contribution in [0.1, 0.15) is 5.56 Å². The second-order valence-electron chi connectivity index (χ2n) is 3.79. The largest absolute Gasteiger partial charge is 0.249 e. The number of benzene rings is 2. The van der Waals surface area contributed by atoms with Gasteiger partial charge in [-0.1, -0.05) is 48.5 Å². The van der Waals surface area contributed by atoms with Gasteiger partial charge in [-0.05, 0) is 30.2 Å². The van der Waals surface area contributed by atoms with E-state index in [-0.39, 0.29) is 0 Å². The van der Waals surface area contributed by atoms with E-state index in [0.29, 0.717) is 0 Å². The molecule has 0 aliphatic heterocycles. The highest BCUT2D eigenvalue weighted by Crippen LogP contribution is 2.06. The summed E-state index contributed by atoms with van der Waals surface area (Å²) < 4.78 is 11.8. The Hall–Kier alpha value is -1.89. The maximum absolute atomic E-state index is 11.8. The molecule has 1 nitrogen and oxygen atoms in total. The Morgan fingerprint density at radius 3 is 2.22 bits per heavy atom. The molecule has 0 bridgehead atoms. The first-order valence-corrected chi connectivity index (χ1v) is 6.98. The van der Waals surface area contributed by atoms with Crippen LogP contribution in [0.25, 0.3) is 0 Å². The van der Waals surface area contributed by atoms with Gasteiger partial charge in [0, 0.05) is 10.3 Å². The summed E-state index contributed by atoms with van der Waals surface area (Å²) >= 11 is 0. The lowest BCUT2D eigenvalue weighted by atomic mass is 10.1. The first-order chi connectivity index (χ1) is 8.86. The Kier molecular flexibility index (Phi) is 4.71. The van der Waals surface area contributed by atoms with Crippen LogP contribution in [0.2, 0.25) is 0 Å². The summed E-state index contributed by atoms with van der Waals surface area (Å²) in [7, 11) is -1.11. The van der Waals surface area contributed by atoms with Crippen molar-refractivity contribution in [3.63, 3.8) is 0 Å². The SMILES string of the molecule is O=S(C=C=CCc1ccccc1)c1ccccc1. The smallest absolute Gasteiger partial charge is 0.0854 e. The number of hydrogen-bond donors (Lipinski definition) is 0. The Balaban J connectivity index is 1.97. The molecule has 0 fully saturated rings. The minimum Gasteiger partial charge on any atom is -0.249 e. The molecule has 0 spiro atoms. The van der Waals surface area contributed by atoms with Crippen LogP contribution in [-0.2, 0) is 17.2 Å². The van der Waals surface area contributed by atoms with E-state index in [0.717, 1.165) is 11.3 Å². The third-order valence-corrected chi connectivity index (χ3v) is 3.54. The van der Waals surface area contributed by atoms with Crippen molar-refractivity contribution < 1.29 is 4.21 Å². The van der Waals surface area contributed by atoms with Gasteiger partial charge in [0.2, 0.25) is 0 Å². The Morgan fingerprint density at radius 2 is 1.56 bits per heavy atom. The highest BCUT2D eigenvalue weighted by Gasteiger charge is 1.95. The van der Waals surface area contributed by atoms with Gasteiger partial charge in [0.05, 0.1) is 10.8 Å². The third-order valence-electron chi connectivity index (χ3n) is 2.45. The molecule has 2 rings (SSSR count). The van der Waals surface area contributed by atoms with Gasteiger partial charge in [-0.3, -0.25) is 0 Å². The molecular weight excluding hydrogens is 240 g/mol. The van der Waals surface area contributed by atoms with E-state index < -0.39 is 10.8 Å². The van der Waals surface area contributed by atoms with Crippen molar-refractivity contribution in [3.8, 4) is 0 Å². The Labute approximate surface area is 110 Å². The molecule has 0 saturated carbocycles. The number of allylic oxidation sites excluding steroid dienone is 1. The Morgan fingerprint density at radius 1 is 0.944 bits per heavy atom. The summed E-state index contributed by atoms with van der Waals surface area (Å²) in [5.41, 5.74) is 4.21. The van der Waals surface area contributed by atoms with Gasteiger partial charge in [-0.25, -0.2) is 4.21 Å². The van der Waals surface area contributed by atoms with Crippen molar-refractivity contribution in [2.45, 2.75) is 11.3 Å². The molecule has 2 heteroatoms. The normalized spacial score (nSPS) is 11.3. The van der Waals surface area contributed by atoms with Crippen molar-refractivity contribution in [3.05, 3.63) is 83.4 Å². The molecule has 90 valence electrons. The number of hydrogen-bond acceptors (Lipinski definition) is 1. The van der Waals surface area contributed by atoms with Crippen LogP contribution in [0.5, 0.6) is 0 Å². The fourth-order valence-corrected chi connectivity index (χ4v) is 2.30. The van der Waals surface area contributed by atoms with E-state index in [2.05, 4.69) is 17.9 Å². The first kappa shape index (κ1) is 12.6. The molecule has 0 aromatic heterocycles. The average molecular weight is 254 g/mol. The van der Waals surface area contributed by atoms with Crippen molar-refractivity contribution in [1.29, 1.82) is 0 Å². The molecule has 0 amide bonds. The summed E-state index contributed by atoms with van der Waals surface area (Å²) in [5.74, 6) is 0. The highest BCUT2D eigenvalue weighted by atomic mass is 32.2. The van der Waals surface area contributed by atoms with Gasteiger partial charge in [0.25, 0.3) is 0 Å². The Bertz CT molecular complexity index is 567. The van der Waals surface area contributed by atoms with Crippen molar-refractivity contribution in [1.82, 2.24) is 0 Å². The topological polar surface area (TPSA) is 17.1 Å². The first-order valence-electron chi connectivity index (χ1n) is 5.77. The molecule has 1 unspecified atom stereocenters. The zero-order valence-corrected chi connectivity index (χ0v) is 10.8. The molecule has 0 aliphatic rings. The van der Waals surface area contributed by atoms with E-state index in [1.807, 2.05) is 54.6 Å². The zero-order valence-electron chi connectivity index (χ0n) is 9.95. The van der Waals surface area contributed by atoms with E-state index in [4.69, 9.17) is 0 Å². The third kappa shape index (κ3) is 3.85. The van der Waals surface area contributed by atoms with Gasteiger partial charge < -0.3 is 0 Å². The lowest BCUT2D eigenvalue weighted by molar-refractivity contribution is 0.688. The fourth-order valence-electron chi connectivity index (χ4n) is 1.52. The van der Waals surface area contributed by atoms with Crippen LogP contribution in [0.15, 0.2) is 82.8 Å². The van der Waals surface area contributed by atoms with Gasteiger partial charge in [-0.15, -0.1) is 5.73 Å². The van der Waals surface area contributed by atoms with Gasteiger partial charge >= 0.3 is 0 Å².